The van der Waals surface area contributed by atoms with Gasteiger partial charge in [-0.2, -0.15) is 0 Å². The molecule has 0 saturated carbocycles. The molecule has 3 atom stereocenters. The quantitative estimate of drug-likeness (QED) is 0.677. The molecule has 0 fully saturated rings. The Kier molecular flexibility index (Phi) is 6.89. The number of rotatable bonds is 8. The van der Waals surface area contributed by atoms with E-state index < -0.39 is 0 Å². The maximum atomic E-state index is 11.9. The van der Waals surface area contributed by atoms with Gasteiger partial charge in [-0.1, -0.05) is 32.9 Å². The zero-order chi connectivity index (χ0) is 14.3. The average molecular weight is 269 g/mol. The van der Waals surface area contributed by atoms with Crippen LogP contribution in [0.4, 0.5) is 0 Å². The number of ether oxygens (including phenoxy) is 1. The van der Waals surface area contributed by atoms with Crippen LogP contribution in [-0.2, 0) is 14.4 Å². The van der Waals surface area contributed by atoms with Gasteiger partial charge in [-0.15, -0.1) is 0 Å². The highest BCUT2D eigenvalue weighted by Gasteiger charge is 2.25. The molecule has 0 spiro atoms. The molecule has 4 heteroatoms. The fourth-order valence-electron chi connectivity index (χ4n) is 2.08. The van der Waals surface area contributed by atoms with Crippen LogP contribution in [0, 0.1) is 11.8 Å². The van der Waals surface area contributed by atoms with Gasteiger partial charge in [0, 0.05) is 18.3 Å². The zero-order valence-corrected chi connectivity index (χ0v) is 12.6. The summed E-state index contributed by atoms with van der Waals surface area (Å²) in [4.78, 5) is 17.1. The molecule has 0 aromatic rings. The summed E-state index contributed by atoms with van der Waals surface area (Å²) in [5.74, 6) is 1.37. The maximum absolute atomic E-state index is 11.9. The predicted octanol–water partition coefficient (Wildman–Crippen LogP) is 3.55. The Hall–Kier alpha value is -1.06. The van der Waals surface area contributed by atoms with Crippen LogP contribution in [0.1, 0.15) is 59.8 Å². The van der Waals surface area contributed by atoms with Crippen LogP contribution < -0.4 is 0 Å². The molecule has 0 aliphatic carbocycles. The summed E-state index contributed by atoms with van der Waals surface area (Å²) in [5.41, 5.74) is 0. The van der Waals surface area contributed by atoms with Crippen molar-refractivity contribution in [2.75, 3.05) is 6.61 Å². The lowest BCUT2D eigenvalue weighted by atomic mass is 9.93. The Morgan fingerprint density at radius 1 is 1.37 bits per heavy atom. The molecule has 1 aliphatic rings. The van der Waals surface area contributed by atoms with Gasteiger partial charge in [-0.25, -0.2) is 0 Å². The molecule has 110 valence electrons. The fraction of sp³-hybridized carbons (Fsp3) is 0.867. The smallest absolute Gasteiger partial charge is 0.229 e. The van der Waals surface area contributed by atoms with Crippen LogP contribution in [0.15, 0.2) is 5.16 Å². The van der Waals surface area contributed by atoms with E-state index in [1.54, 1.807) is 0 Å². The molecule has 1 rings (SSSR count). The van der Waals surface area contributed by atoms with E-state index in [9.17, 15) is 4.79 Å². The fourth-order valence-corrected chi connectivity index (χ4v) is 2.08. The summed E-state index contributed by atoms with van der Waals surface area (Å²) in [6, 6.07) is 0. The standard InChI is InChI=1S/C15H27NO3/c1-5-11(4)14(17)9-8-12(6-2)15-16-18-10-13(7-3)19-15/h11-13H,5-10H2,1-4H3. The summed E-state index contributed by atoms with van der Waals surface area (Å²) in [6.45, 7) is 8.74. The zero-order valence-electron chi connectivity index (χ0n) is 12.6. The van der Waals surface area contributed by atoms with Gasteiger partial charge in [0.25, 0.3) is 0 Å². The van der Waals surface area contributed by atoms with Crippen LogP contribution in [0.25, 0.3) is 0 Å². The first-order valence-electron chi connectivity index (χ1n) is 7.51. The molecule has 0 aromatic carbocycles. The molecule has 3 unspecified atom stereocenters. The average Bonchev–Trinajstić information content (AvgIpc) is 2.47. The van der Waals surface area contributed by atoms with E-state index in [4.69, 9.17) is 9.57 Å². The molecular formula is C15H27NO3. The largest absolute Gasteiger partial charge is 0.471 e. The molecule has 1 heterocycles. The number of carbonyl (C=O) groups excluding carboxylic acids is 1. The van der Waals surface area contributed by atoms with E-state index in [1.165, 1.54) is 0 Å². The Morgan fingerprint density at radius 2 is 2.11 bits per heavy atom. The van der Waals surface area contributed by atoms with Crippen LogP contribution in [0.2, 0.25) is 0 Å². The molecule has 0 amide bonds. The van der Waals surface area contributed by atoms with Crippen LogP contribution in [0.5, 0.6) is 0 Å². The van der Waals surface area contributed by atoms with E-state index in [2.05, 4.69) is 19.0 Å². The molecule has 0 saturated heterocycles. The van der Waals surface area contributed by atoms with Crippen molar-refractivity contribution in [3.63, 3.8) is 0 Å². The number of ketones is 1. The van der Waals surface area contributed by atoms with Gasteiger partial charge in [0.2, 0.25) is 5.90 Å². The highest BCUT2D eigenvalue weighted by atomic mass is 16.7. The lowest BCUT2D eigenvalue weighted by molar-refractivity contribution is -0.122. The first kappa shape index (κ1) is 16.0. The highest BCUT2D eigenvalue weighted by molar-refractivity contribution is 5.82. The van der Waals surface area contributed by atoms with E-state index >= 15 is 0 Å². The summed E-state index contributed by atoms with van der Waals surface area (Å²) in [6.07, 6.45) is 4.26. The Bertz CT molecular complexity index is 315. The van der Waals surface area contributed by atoms with Crippen molar-refractivity contribution in [2.24, 2.45) is 17.0 Å². The van der Waals surface area contributed by atoms with E-state index in [-0.39, 0.29) is 17.9 Å². The second kappa shape index (κ2) is 8.18. The van der Waals surface area contributed by atoms with Gasteiger partial charge in [0.05, 0.1) is 0 Å². The third kappa shape index (κ3) is 4.84. The number of hydrogen-bond acceptors (Lipinski definition) is 4. The number of nitrogens with zero attached hydrogens (tertiary/aromatic N) is 1. The number of carbonyl (C=O) groups is 1. The van der Waals surface area contributed by atoms with Gasteiger partial charge in [0.1, 0.15) is 11.9 Å². The van der Waals surface area contributed by atoms with Crippen molar-refractivity contribution in [1.29, 1.82) is 0 Å². The molecule has 4 nitrogen and oxygen atoms in total. The molecule has 19 heavy (non-hydrogen) atoms. The highest BCUT2D eigenvalue weighted by Crippen LogP contribution is 2.21. The van der Waals surface area contributed by atoms with Crippen molar-refractivity contribution in [3.8, 4) is 0 Å². The first-order valence-corrected chi connectivity index (χ1v) is 7.51. The van der Waals surface area contributed by atoms with Crippen molar-refractivity contribution >= 4 is 11.7 Å². The van der Waals surface area contributed by atoms with Crippen molar-refractivity contribution in [2.45, 2.75) is 65.9 Å². The second-order valence-corrected chi connectivity index (χ2v) is 5.29. The summed E-state index contributed by atoms with van der Waals surface area (Å²) >= 11 is 0. The molecule has 0 N–H and O–H groups in total. The van der Waals surface area contributed by atoms with E-state index in [0.717, 1.165) is 25.7 Å². The van der Waals surface area contributed by atoms with Crippen LogP contribution in [0.3, 0.4) is 0 Å². The minimum Gasteiger partial charge on any atom is -0.471 e. The summed E-state index contributed by atoms with van der Waals surface area (Å²) < 4.78 is 5.82. The molecule has 0 radical (unpaired) electrons. The molecule has 0 aromatic heterocycles. The van der Waals surface area contributed by atoms with Gasteiger partial charge in [-0.05, 0) is 25.7 Å². The monoisotopic (exact) mass is 269 g/mol. The first-order chi connectivity index (χ1) is 9.12. The molecule has 0 bridgehead atoms. The van der Waals surface area contributed by atoms with E-state index in [1.807, 2.05) is 13.8 Å². The van der Waals surface area contributed by atoms with Crippen LogP contribution in [-0.4, -0.2) is 24.4 Å². The van der Waals surface area contributed by atoms with E-state index in [0.29, 0.717) is 24.7 Å². The van der Waals surface area contributed by atoms with Crippen molar-refractivity contribution in [3.05, 3.63) is 0 Å². The Labute approximate surface area is 116 Å². The van der Waals surface area contributed by atoms with Gasteiger partial charge < -0.3 is 9.57 Å². The lowest BCUT2D eigenvalue weighted by Crippen LogP contribution is -2.31. The maximum Gasteiger partial charge on any atom is 0.229 e. The Balaban J connectivity index is 2.49. The van der Waals surface area contributed by atoms with Gasteiger partial charge in [-0.3, -0.25) is 4.79 Å². The van der Waals surface area contributed by atoms with Gasteiger partial charge >= 0.3 is 0 Å². The summed E-state index contributed by atoms with van der Waals surface area (Å²) in [7, 11) is 0. The van der Waals surface area contributed by atoms with Crippen molar-refractivity contribution < 1.29 is 14.4 Å². The third-order valence-electron chi connectivity index (χ3n) is 3.90. The number of hydrogen-bond donors (Lipinski definition) is 0. The van der Waals surface area contributed by atoms with Crippen LogP contribution >= 0.6 is 0 Å². The molecular weight excluding hydrogens is 242 g/mol. The summed E-state index contributed by atoms with van der Waals surface area (Å²) in [5, 5.41) is 4.02. The normalized spacial score (nSPS) is 21.9. The van der Waals surface area contributed by atoms with Crippen molar-refractivity contribution in [1.82, 2.24) is 0 Å². The Morgan fingerprint density at radius 3 is 2.68 bits per heavy atom. The second-order valence-electron chi connectivity index (χ2n) is 5.29. The minimum atomic E-state index is 0.104. The third-order valence-corrected chi connectivity index (χ3v) is 3.90. The number of Topliss-reactive ketones (excluding diaryl/α,β-unsaturated/α-hetero) is 1. The lowest BCUT2D eigenvalue weighted by Gasteiger charge is -2.26. The predicted molar refractivity (Wildman–Crippen MR) is 76.0 cm³/mol. The topological polar surface area (TPSA) is 47.9 Å². The van der Waals surface area contributed by atoms with Gasteiger partial charge in [0.15, 0.2) is 6.61 Å². The SMILES string of the molecule is CCC1CON=C(C(CC)CCC(=O)C(C)CC)O1. The number of oxime groups is 1. The molecule has 1 aliphatic heterocycles. The minimum absolute atomic E-state index is 0.104.